The Morgan fingerprint density at radius 1 is 1.07 bits per heavy atom. The highest BCUT2D eigenvalue weighted by Gasteiger charge is 2.42. The van der Waals surface area contributed by atoms with Gasteiger partial charge in [0, 0.05) is 12.1 Å². The molecular weight excluding hydrogens is 387 g/mol. The molecule has 0 spiro atoms. The first-order valence-electron chi connectivity index (χ1n) is 9.00. The number of imide groups is 1. The number of hydrogen-bond acceptors (Lipinski definition) is 4. The van der Waals surface area contributed by atoms with E-state index in [-0.39, 0.29) is 24.1 Å². The second-order valence-electron chi connectivity index (χ2n) is 7.21. The standard InChI is InChI=1S/C19H14F3N5O2/c20-13-2-1-8(3-14(13)21)9-4-10(9)11-5-15(12-6-24-19(29)25-18(12)28)26-27-16(22)7-23-17(11)27/h1-3,5,7,9-10,12H,4,6H2,(H2,24,25,28,29)/t9-,10+,12?/m1/s1. The van der Waals surface area contributed by atoms with Crippen LogP contribution in [0.5, 0.6) is 0 Å². The molecule has 29 heavy (non-hydrogen) atoms. The topological polar surface area (TPSA) is 88.4 Å². The fraction of sp³-hybridized carbons (Fsp3) is 0.263. The Hall–Kier alpha value is -3.43. The molecule has 2 N–H and O–H groups in total. The molecule has 3 amide bonds. The number of carbonyl (C=O) groups is 2. The smallest absolute Gasteiger partial charge is 0.321 e. The van der Waals surface area contributed by atoms with E-state index in [4.69, 9.17) is 0 Å². The summed E-state index contributed by atoms with van der Waals surface area (Å²) < 4.78 is 42.1. The van der Waals surface area contributed by atoms with Crippen LogP contribution in [-0.4, -0.2) is 33.1 Å². The molecule has 1 saturated carbocycles. The summed E-state index contributed by atoms with van der Waals surface area (Å²) in [7, 11) is 0. The zero-order valence-corrected chi connectivity index (χ0v) is 14.8. The number of aromatic nitrogens is 3. The molecule has 3 aromatic rings. The molecule has 0 radical (unpaired) electrons. The number of nitrogens with zero attached hydrogens (tertiary/aromatic N) is 3. The van der Waals surface area contributed by atoms with Gasteiger partial charge in [-0.3, -0.25) is 10.1 Å². The predicted molar refractivity (Wildman–Crippen MR) is 93.7 cm³/mol. The fourth-order valence-corrected chi connectivity index (χ4v) is 3.85. The molecule has 1 saturated heterocycles. The number of carbonyl (C=O) groups excluding carboxylic acids is 2. The van der Waals surface area contributed by atoms with E-state index in [2.05, 4.69) is 20.7 Å². The van der Waals surface area contributed by atoms with Gasteiger partial charge >= 0.3 is 6.03 Å². The van der Waals surface area contributed by atoms with Crippen LogP contribution in [0.2, 0.25) is 0 Å². The lowest BCUT2D eigenvalue weighted by Gasteiger charge is -2.22. The minimum absolute atomic E-state index is 0.0379. The molecule has 148 valence electrons. The van der Waals surface area contributed by atoms with Gasteiger partial charge in [0.2, 0.25) is 11.9 Å². The minimum atomic E-state index is -0.921. The lowest BCUT2D eigenvalue weighted by molar-refractivity contribution is -0.122. The van der Waals surface area contributed by atoms with Crippen LogP contribution in [0.4, 0.5) is 18.0 Å². The van der Waals surface area contributed by atoms with Crippen LogP contribution in [-0.2, 0) is 4.79 Å². The van der Waals surface area contributed by atoms with Crippen LogP contribution in [0.25, 0.3) is 5.65 Å². The summed E-state index contributed by atoms with van der Waals surface area (Å²) in [5, 5.41) is 8.88. The van der Waals surface area contributed by atoms with Crippen LogP contribution >= 0.6 is 0 Å². The predicted octanol–water partition coefficient (Wildman–Crippen LogP) is 2.34. The summed E-state index contributed by atoms with van der Waals surface area (Å²) in [5.41, 5.74) is 1.90. The number of imidazole rings is 1. The number of nitrogens with one attached hydrogen (secondary N) is 2. The molecular formula is C19H14F3N5O2. The Morgan fingerprint density at radius 3 is 2.66 bits per heavy atom. The maximum atomic E-state index is 14.2. The maximum absolute atomic E-state index is 14.2. The van der Waals surface area contributed by atoms with Crippen molar-refractivity contribution in [2.75, 3.05) is 6.54 Å². The summed E-state index contributed by atoms with van der Waals surface area (Å²) in [6.45, 7) is 0.0379. The first kappa shape index (κ1) is 17.7. The highest BCUT2D eigenvalue weighted by molar-refractivity contribution is 6.00. The van der Waals surface area contributed by atoms with Crippen molar-refractivity contribution in [2.45, 2.75) is 24.2 Å². The monoisotopic (exact) mass is 401 g/mol. The van der Waals surface area contributed by atoms with E-state index in [0.29, 0.717) is 23.2 Å². The fourth-order valence-electron chi connectivity index (χ4n) is 3.85. The molecule has 3 atom stereocenters. The SMILES string of the molecule is O=C1NCC(c2cc([C@H]3C[C@@H]3c3ccc(F)c(F)c3)c3ncc(F)n3n2)C(=O)N1. The van der Waals surface area contributed by atoms with Crippen LogP contribution < -0.4 is 10.6 Å². The molecule has 2 aliphatic rings. The number of rotatable bonds is 3. The van der Waals surface area contributed by atoms with E-state index in [9.17, 15) is 22.8 Å². The Morgan fingerprint density at radius 2 is 1.90 bits per heavy atom. The van der Waals surface area contributed by atoms with E-state index in [1.807, 2.05) is 0 Å². The Balaban J connectivity index is 1.54. The normalized spacial score (nSPS) is 23.8. The van der Waals surface area contributed by atoms with Crippen molar-refractivity contribution in [3.05, 3.63) is 64.9 Å². The molecule has 0 bridgehead atoms. The molecule has 2 fully saturated rings. The summed E-state index contributed by atoms with van der Waals surface area (Å²) in [5.74, 6) is -4.02. The van der Waals surface area contributed by atoms with Gasteiger partial charge in [-0.05, 0) is 42.0 Å². The number of hydrogen-bond donors (Lipinski definition) is 2. The first-order chi connectivity index (χ1) is 13.9. The van der Waals surface area contributed by atoms with Gasteiger partial charge in [-0.25, -0.2) is 18.6 Å². The average Bonchev–Trinajstić information content (AvgIpc) is 3.40. The number of amides is 3. The largest absolute Gasteiger partial charge is 0.337 e. The summed E-state index contributed by atoms with van der Waals surface area (Å²) in [6, 6.07) is 4.85. The number of urea groups is 1. The summed E-state index contributed by atoms with van der Waals surface area (Å²) >= 11 is 0. The lowest BCUT2D eigenvalue weighted by Crippen LogP contribution is -2.51. The quantitative estimate of drug-likeness (QED) is 0.705. The third-order valence-electron chi connectivity index (χ3n) is 5.41. The van der Waals surface area contributed by atoms with E-state index < -0.39 is 35.4 Å². The van der Waals surface area contributed by atoms with E-state index in [1.165, 1.54) is 6.07 Å². The van der Waals surface area contributed by atoms with Crippen molar-refractivity contribution in [2.24, 2.45) is 0 Å². The van der Waals surface area contributed by atoms with Crippen molar-refractivity contribution in [3.63, 3.8) is 0 Å². The minimum Gasteiger partial charge on any atom is -0.337 e. The van der Waals surface area contributed by atoms with Gasteiger partial charge in [-0.2, -0.15) is 14.0 Å². The highest BCUT2D eigenvalue weighted by Crippen LogP contribution is 2.55. The molecule has 1 unspecified atom stereocenters. The van der Waals surface area contributed by atoms with Gasteiger partial charge in [-0.1, -0.05) is 6.07 Å². The van der Waals surface area contributed by atoms with Crippen molar-refractivity contribution in [1.29, 1.82) is 0 Å². The Kier molecular flexibility index (Phi) is 3.83. The molecule has 3 heterocycles. The zero-order valence-electron chi connectivity index (χ0n) is 14.8. The van der Waals surface area contributed by atoms with Gasteiger partial charge in [-0.15, -0.1) is 0 Å². The molecule has 7 nitrogen and oxygen atoms in total. The zero-order chi connectivity index (χ0) is 20.3. The highest BCUT2D eigenvalue weighted by atomic mass is 19.2. The molecule has 5 rings (SSSR count). The molecule has 10 heteroatoms. The molecule has 1 aliphatic carbocycles. The number of fused-ring (bicyclic) bond motifs is 1. The van der Waals surface area contributed by atoms with Gasteiger partial charge in [0.15, 0.2) is 17.3 Å². The van der Waals surface area contributed by atoms with Gasteiger partial charge < -0.3 is 5.32 Å². The van der Waals surface area contributed by atoms with E-state index >= 15 is 0 Å². The average molecular weight is 401 g/mol. The van der Waals surface area contributed by atoms with E-state index in [1.54, 1.807) is 6.07 Å². The van der Waals surface area contributed by atoms with Crippen molar-refractivity contribution in [1.82, 2.24) is 25.2 Å². The van der Waals surface area contributed by atoms with Crippen LogP contribution in [0.1, 0.15) is 41.0 Å². The third-order valence-corrected chi connectivity index (χ3v) is 5.41. The number of halogens is 3. The van der Waals surface area contributed by atoms with E-state index in [0.717, 1.165) is 22.8 Å². The Labute approximate surface area is 161 Å². The number of benzene rings is 1. The van der Waals surface area contributed by atoms with Crippen LogP contribution in [0.15, 0.2) is 30.5 Å². The van der Waals surface area contributed by atoms with Gasteiger partial charge in [0.1, 0.15) is 0 Å². The second kappa shape index (κ2) is 6.29. The first-order valence-corrected chi connectivity index (χ1v) is 9.00. The third kappa shape index (κ3) is 2.91. The van der Waals surface area contributed by atoms with Crippen LogP contribution in [0, 0.1) is 17.6 Å². The van der Waals surface area contributed by atoms with Crippen molar-refractivity contribution in [3.8, 4) is 0 Å². The maximum Gasteiger partial charge on any atom is 0.321 e. The molecule has 2 aromatic heterocycles. The lowest BCUT2D eigenvalue weighted by atomic mass is 9.99. The summed E-state index contributed by atoms with van der Waals surface area (Å²) in [4.78, 5) is 27.6. The van der Waals surface area contributed by atoms with Gasteiger partial charge in [0.25, 0.3) is 0 Å². The van der Waals surface area contributed by atoms with Crippen LogP contribution in [0.3, 0.4) is 0 Å². The molecule has 1 aromatic carbocycles. The summed E-state index contributed by atoms with van der Waals surface area (Å²) in [6.07, 6.45) is 1.68. The van der Waals surface area contributed by atoms with Gasteiger partial charge in [0.05, 0.1) is 17.8 Å². The van der Waals surface area contributed by atoms with Crippen molar-refractivity contribution < 1.29 is 22.8 Å². The molecule has 1 aliphatic heterocycles. The van der Waals surface area contributed by atoms with Crippen molar-refractivity contribution >= 4 is 17.6 Å². The second-order valence-corrected chi connectivity index (χ2v) is 7.21. The Bertz CT molecular complexity index is 1180.